The van der Waals surface area contributed by atoms with E-state index in [0.717, 1.165) is 23.7 Å². The lowest BCUT2D eigenvalue weighted by atomic mass is 10.1. The van der Waals surface area contributed by atoms with Gasteiger partial charge in [0, 0.05) is 48.4 Å². The molecule has 1 aliphatic rings. The van der Waals surface area contributed by atoms with Crippen LogP contribution < -0.4 is 10.2 Å². The molecular weight excluding hydrogens is 410 g/mol. The third-order valence-electron chi connectivity index (χ3n) is 5.13. The van der Waals surface area contributed by atoms with Gasteiger partial charge in [0.2, 0.25) is 5.91 Å². The number of nitrogens with zero attached hydrogens (tertiary/aromatic N) is 2. The number of nitrogens with one attached hydrogen (secondary N) is 1. The summed E-state index contributed by atoms with van der Waals surface area (Å²) in [6.45, 7) is 8.13. The number of carbonyl (C=O) groups excluding carboxylic acids is 3. The van der Waals surface area contributed by atoms with Crippen molar-refractivity contribution in [3.8, 4) is 0 Å². The van der Waals surface area contributed by atoms with Gasteiger partial charge in [-0.3, -0.25) is 14.4 Å². The van der Waals surface area contributed by atoms with Gasteiger partial charge >= 0.3 is 0 Å². The van der Waals surface area contributed by atoms with E-state index >= 15 is 0 Å². The number of amides is 2. The normalized spacial score (nSPS) is 13.9. The van der Waals surface area contributed by atoms with E-state index in [0.29, 0.717) is 24.2 Å². The van der Waals surface area contributed by atoms with E-state index in [9.17, 15) is 14.4 Å². The van der Waals surface area contributed by atoms with Gasteiger partial charge in [0.05, 0.1) is 11.3 Å². The summed E-state index contributed by atoms with van der Waals surface area (Å²) in [6.07, 6.45) is 0. The summed E-state index contributed by atoms with van der Waals surface area (Å²) in [5.74, 6) is 0.303. The average Bonchev–Trinajstić information content (AvgIpc) is 2.77. The lowest BCUT2D eigenvalue weighted by Gasteiger charge is -2.36. The minimum atomic E-state index is -0.0355. The van der Waals surface area contributed by atoms with Crippen LogP contribution in [0.25, 0.3) is 0 Å². The highest BCUT2D eigenvalue weighted by Gasteiger charge is 2.24. The quantitative estimate of drug-likeness (QED) is 0.528. The van der Waals surface area contributed by atoms with Crippen LogP contribution in [0.3, 0.4) is 0 Å². The van der Waals surface area contributed by atoms with E-state index in [2.05, 4.69) is 10.2 Å². The van der Waals surface area contributed by atoms with Gasteiger partial charge in [-0.1, -0.05) is 12.1 Å². The maximum absolute atomic E-state index is 13.2. The molecule has 1 aliphatic heterocycles. The molecule has 1 fully saturated rings. The molecular formula is C24H29N3O3S. The first-order valence-electron chi connectivity index (χ1n) is 10.5. The van der Waals surface area contributed by atoms with E-state index in [1.807, 2.05) is 67.3 Å². The second kappa shape index (κ2) is 10.5. The molecule has 0 spiro atoms. The van der Waals surface area contributed by atoms with Crippen molar-refractivity contribution in [1.29, 1.82) is 0 Å². The molecule has 1 saturated heterocycles. The maximum Gasteiger partial charge on any atom is 0.255 e. The highest BCUT2D eigenvalue weighted by molar-refractivity contribution is 8.00. The van der Waals surface area contributed by atoms with Crippen molar-refractivity contribution < 1.29 is 14.4 Å². The summed E-state index contributed by atoms with van der Waals surface area (Å²) in [6, 6.07) is 15.2. The van der Waals surface area contributed by atoms with Crippen LogP contribution >= 0.6 is 11.8 Å². The third kappa shape index (κ3) is 6.10. The summed E-state index contributed by atoms with van der Waals surface area (Å²) in [4.78, 5) is 41.5. The monoisotopic (exact) mass is 439 g/mol. The van der Waals surface area contributed by atoms with Gasteiger partial charge in [-0.2, -0.15) is 0 Å². The third-order valence-corrected chi connectivity index (χ3v) is 6.21. The van der Waals surface area contributed by atoms with Crippen molar-refractivity contribution in [2.24, 2.45) is 0 Å². The SMILES string of the molecule is CC(=O)c1ccc(N2CCN(C(=O)c3ccccc3SCC(=O)NC(C)C)CC2)cc1. The Bertz CT molecular complexity index is 935. The zero-order valence-corrected chi connectivity index (χ0v) is 19.1. The molecule has 164 valence electrons. The van der Waals surface area contributed by atoms with Crippen LogP contribution in [0, 0.1) is 0 Å². The van der Waals surface area contributed by atoms with Gasteiger partial charge in [0.1, 0.15) is 0 Å². The standard InChI is InChI=1S/C24H29N3O3S/c1-17(2)25-23(29)16-31-22-7-5-4-6-21(22)24(30)27-14-12-26(13-15-27)20-10-8-19(9-11-20)18(3)28/h4-11,17H,12-16H2,1-3H3,(H,25,29). The van der Waals surface area contributed by atoms with E-state index in [1.165, 1.54) is 11.8 Å². The summed E-state index contributed by atoms with van der Waals surface area (Å²) >= 11 is 1.39. The number of hydrogen-bond donors (Lipinski definition) is 1. The summed E-state index contributed by atoms with van der Waals surface area (Å²) in [7, 11) is 0. The lowest BCUT2D eigenvalue weighted by molar-refractivity contribution is -0.119. The molecule has 2 aromatic rings. The van der Waals surface area contributed by atoms with Gasteiger partial charge in [-0.25, -0.2) is 0 Å². The Balaban J connectivity index is 1.60. The Kier molecular flexibility index (Phi) is 7.74. The van der Waals surface area contributed by atoms with Crippen LogP contribution in [0.15, 0.2) is 53.4 Å². The molecule has 1 heterocycles. The van der Waals surface area contributed by atoms with Crippen LogP contribution in [0.4, 0.5) is 5.69 Å². The minimum Gasteiger partial charge on any atom is -0.368 e. The number of rotatable bonds is 7. The summed E-state index contributed by atoms with van der Waals surface area (Å²) in [5, 5.41) is 2.88. The van der Waals surface area contributed by atoms with Crippen LogP contribution in [0.1, 0.15) is 41.5 Å². The molecule has 0 aliphatic carbocycles. The fourth-order valence-electron chi connectivity index (χ4n) is 3.52. The number of hydrogen-bond acceptors (Lipinski definition) is 5. The van der Waals surface area contributed by atoms with E-state index in [-0.39, 0.29) is 29.4 Å². The number of benzene rings is 2. The number of ketones is 1. The van der Waals surface area contributed by atoms with Gasteiger partial charge in [-0.15, -0.1) is 11.8 Å². The Morgan fingerprint density at radius 2 is 1.61 bits per heavy atom. The first kappa shape index (κ1) is 22.9. The Labute approximate surface area is 188 Å². The highest BCUT2D eigenvalue weighted by Crippen LogP contribution is 2.25. The largest absolute Gasteiger partial charge is 0.368 e. The van der Waals surface area contributed by atoms with Gasteiger partial charge in [0.15, 0.2) is 5.78 Å². The first-order valence-corrected chi connectivity index (χ1v) is 11.5. The highest BCUT2D eigenvalue weighted by atomic mass is 32.2. The zero-order valence-electron chi connectivity index (χ0n) is 18.3. The molecule has 6 nitrogen and oxygen atoms in total. The van der Waals surface area contributed by atoms with Crippen molar-refractivity contribution in [3.05, 3.63) is 59.7 Å². The molecule has 2 amide bonds. The number of anilines is 1. The predicted octanol–water partition coefficient (Wildman–Crippen LogP) is 3.47. The minimum absolute atomic E-state index is 0.000977. The smallest absolute Gasteiger partial charge is 0.255 e. The van der Waals surface area contributed by atoms with Crippen LogP contribution in [-0.4, -0.2) is 60.5 Å². The number of piperazine rings is 1. The van der Waals surface area contributed by atoms with E-state index in [1.54, 1.807) is 6.92 Å². The summed E-state index contributed by atoms with van der Waals surface area (Å²) < 4.78 is 0. The average molecular weight is 440 g/mol. The summed E-state index contributed by atoms with van der Waals surface area (Å²) in [5.41, 5.74) is 2.40. The second-order valence-electron chi connectivity index (χ2n) is 7.89. The topological polar surface area (TPSA) is 69.7 Å². The molecule has 0 aromatic heterocycles. The van der Waals surface area contributed by atoms with Crippen LogP contribution in [0.2, 0.25) is 0 Å². The fraction of sp³-hybridized carbons (Fsp3) is 0.375. The van der Waals surface area contributed by atoms with Crippen molar-refractivity contribution in [2.45, 2.75) is 31.7 Å². The van der Waals surface area contributed by atoms with Crippen molar-refractivity contribution >= 4 is 35.0 Å². The number of carbonyl (C=O) groups is 3. The van der Waals surface area contributed by atoms with E-state index in [4.69, 9.17) is 0 Å². The molecule has 7 heteroatoms. The number of Topliss-reactive ketones (excluding diaryl/α,β-unsaturated/α-hetero) is 1. The molecule has 0 atom stereocenters. The Morgan fingerprint density at radius 1 is 0.968 bits per heavy atom. The zero-order chi connectivity index (χ0) is 22.4. The fourth-order valence-corrected chi connectivity index (χ4v) is 4.38. The number of thioether (sulfide) groups is 1. The van der Waals surface area contributed by atoms with Crippen molar-refractivity contribution in [3.63, 3.8) is 0 Å². The molecule has 0 bridgehead atoms. The van der Waals surface area contributed by atoms with Crippen LogP contribution in [0.5, 0.6) is 0 Å². The first-order chi connectivity index (χ1) is 14.8. The lowest BCUT2D eigenvalue weighted by Crippen LogP contribution is -2.48. The van der Waals surface area contributed by atoms with Gasteiger partial charge in [-0.05, 0) is 57.2 Å². The van der Waals surface area contributed by atoms with E-state index < -0.39 is 0 Å². The molecule has 2 aromatic carbocycles. The Hall–Kier alpha value is -2.80. The maximum atomic E-state index is 13.2. The predicted molar refractivity (Wildman–Crippen MR) is 125 cm³/mol. The van der Waals surface area contributed by atoms with Gasteiger partial charge < -0.3 is 15.1 Å². The molecule has 1 N–H and O–H groups in total. The van der Waals surface area contributed by atoms with Crippen molar-refractivity contribution in [2.75, 3.05) is 36.8 Å². The molecule has 0 saturated carbocycles. The molecule has 0 radical (unpaired) electrons. The Morgan fingerprint density at radius 3 is 2.23 bits per heavy atom. The molecule has 3 rings (SSSR count). The van der Waals surface area contributed by atoms with Crippen LogP contribution in [-0.2, 0) is 4.79 Å². The van der Waals surface area contributed by atoms with Crippen molar-refractivity contribution in [1.82, 2.24) is 10.2 Å². The van der Waals surface area contributed by atoms with Gasteiger partial charge in [0.25, 0.3) is 5.91 Å². The molecule has 31 heavy (non-hydrogen) atoms. The second-order valence-corrected chi connectivity index (χ2v) is 8.91. The molecule has 0 unspecified atom stereocenters.